The van der Waals surface area contributed by atoms with Crippen molar-refractivity contribution < 1.29 is 89.4 Å². The predicted octanol–water partition coefficient (Wildman–Crippen LogP) is 8.66. The van der Waals surface area contributed by atoms with Gasteiger partial charge in [-0.2, -0.15) is 0 Å². The minimum atomic E-state index is -1.98. The first-order valence-electron chi connectivity index (χ1n) is 34.6. The SMILES string of the molecule is CCCCCCCCCC/C=C\CCCCCCCCCCCC(=O)NC(COC1OC(CO)C(OC2OC(CO)C(OC3OC(CO)C(O)C(O)C3O)C(O)C2O)C(O)C1O)C(O)/C=C/CCCCCCCCCCCCCCCCCCCC. The molecule has 3 aliphatic rings. The number of aliphatic hydroxyl groups is 11. The highest BCUT2D eigenvalue weighted by Gasteiger charge is 2.53. The van der Waals surface area contributed by atoms with E-state index in [9.17, 15) is 61.0 Å². The predicted molar refractivity (Wildman–Crippen MR) is 333 cm³/mol. The summed E-state index contributed by atoms with van der Waals surface area (Å²) in [4.78, 5) is 13.4. The number of nitrogens with one attached hydrogen (secondary N) is 1. The molecule has 0 spiro atoms. The Morgan fingerprint density at radius 1 is 0.407 bits per heavy atom. The van der Waals surface area contributed by atoms with Gasteiger partial charge in [-0.05, 0) is 44.9 Å². The maximum Gasteiger partial charge on any atom is 0.220 e. The van der Waals surface area contributed by atoms with E-state index in [1.807, 2.05) is 6.08 Å². The van der Waals surface area contributed by atoms with Crippen LogP contribution < -0.4 is 5.32 Å². The highest BCUT2D eigenvalue weighted by Crippen LogP contribution is 2.33. The summed E-state index contributed by atoms with van der Waals surface area (Å²) in [6.45, 7) is 1.76. The molecule has 17 unspecified atom stereocenters. The number of allylic oxidation sites excluding steroid dienone is 3. The first kappa shape index (κ1) is 78.5. The van der Waals surface area contributed by atoms with Gasteiger partial charge in [0.15, 0.2) is 18.9 Å². The van der Waals surface area contributed by atoms with Gasteiger partial charge in [0.05, 0.1) is 38.6 Å². The van der Waals surface area contributed by atoms with Gasteiger partial charge in [0.2, 0.25) is 5.91 Å². The number of aliphatic hydroxyl groups excluding tert-OH is 11. The fourth-order valence-electron chi connectivity index (χ4n) is 11.8. The Bertz CT molecular complexity index is 1660. The van der Waals surface area contributed by atoms with Gasteiger partial charge in [-0.1, -0.05) is 237 Å². The minimum Gasteiger partial charge on any atom is -0.394 e. The fraction of sp³-hybridized carbons (Fsp3) is 0.925. The molecule has 3 rings (SSSR count). The average Bonchev–Trinajstić information content (AvgIpc) is 2.21. The smallest absolute Gasteiger partial charge is 0.220 e. The Morgan fingerprint density at radius 3 is 1.13 bits per heavy atom. The van der Waals surface area contributed by atoms with Crippen LogP contribution in [0.4, 0.5) is 0 Å². The van der Waals surface area contributed by atoms with Gasteiger partial charge in [-0.15, -0.1) is 0 Å². The van der Waals surface area contributed by atoms with Gasteiger partial charge in [-0.3, -0.25) is 4.79 Å². The molecule has 19 heteroatoms. The highest BCUT2D eigenvalue weighted by molar-refractivity contribution is 5.76. The molecule has 0 aliphatic carbocycles. The van der Waals surface area contributed by atoms with Crippen LogP contribution >= 0.6 is 0 Å². The number of amides is 1. The van der Waals surface area contributed by atoms with Crippen molar-refractivity contribution in [1.82, 2.24) is 5.32 Å². The van der Waals surface area contributed by atoms with Gasteiger partial charge < -0.3 is 89.9 Å². The lowest BCUT2D eigenvalue weighted by atomic mass is 9.96. The van der Waals surface area contributed by atoms with E-state index < -0.39 is 124 Å². The molecule has 3 heterocycles. The molecule has 19 nitrogen and oxygen atoms in total. The lowest BCUT2D eigenvalue weighted by molar-refractivity contribution is -0.379. The van der Waals surface area contributed by atoms with E-state index in [1.54, 1.807) is 6.08 Å². The second-order valence-electron chi connectivity index (χ2n) is 25.0. The van der Waals surface area contributed by atoms with E-state index in [1.165, 1.54) is 186 Å². The Kier molecular flexibility index (Phi) is 45.6. The number of carbonyl (C=O) groups is 1. The molecule has 0 radical (unpaired) electrons. The van der Waals surface area contributed by atoms with Gasteiger partial charge in [0.25, 0.3) is 0 Å². The van der Waals surface area contributed by atoms with Crippen molar-refractivity contribution in [3.05, 3.63) is 24.3 Å². The van der Waals surface area contributed by atoms with Crippen LogP contribution in [0.25, 0.3) is 0 Å². The van der Waals surface area contributed by atoms with E-state index in [0.29, 0.717) is 6.42 Å². The first-order valence-corrected chi connectivity index (χ1v) is 34.6. The summed E-state index contributed by atoms with van der Waals surface area (Å²) >= 11 is 0. The van der Waals surface area contributed by atoms with E-state index in [4.69, 9.17) is 28.4 Å². The van der Waals surface area contributed by atoms with Crippen LogP contribution in [0.2, 0.25) is 0 Å². The molecule has 506 valence electrons. The highest BCUT2D eigenvalue weighted by atomic mass is 16.8. The molecule has 3 saturated heterocycles. The Morgan fingerprint density at radius 2 is 0.733 bits per heavy atom. The lowest BCUT2D eigenvalue weighted by Crippen LogP contribution is -2.66. The van der Waals surface area contributed by atoms with Crippen LogP contribution in [0.3, 0.4) is 0 Å². The largest absolute Gasteiger partial charge is 0.394 e. The molecule has 0 aromatic heterocycles. The molecule has 12 N–H and O–H groups in total. The fourth-order valence-corrected chi connectivity index (χ4v) is 11.8. The third kappa shape index (κ3) is 32.0. The summed E-state index contributed by atoms with van der Waals surface area (Å²) in [5.41, 5.74) is 0. The third-order valence-electron chi connectivity index (χ3n) is 17.5. The zero-order valence-corrected chi connectivity index (χ0v) is 53.3. The summed E-state index contributed by atoms with van der Waals surface area (Å²) in [6.07, 6.45) is 28.6. The van der Waals surface area contributed by atoms with Crippen molar-refractivity contribution in [1.29, 1.82) is 0 Å². The van der Waals surface area contributed by atoms with Crippen LogP contribution in [0.5, 0.6) is 0 Å². The molecule has 3 fully saturated rings. The van der Waals surface area contributed by atoms with E-state index >= 15 is 0 Å². The molecule has 0 aromatic carbocycles. The van der Waals surface area contributed by atoms with Crippen LogP contribution in [0.1, 0.15) is 264 Å². The van der Waals surface area contributed by atoms with Crippen LogP contribution in [-0.4, -0.2) is 193 Å². The second kappa shape index (κ2) is 49.9. The Hall–Kier alpha value is -1.73. The van der Waals surface area contributed by atoms with Gasteiger partial charge in [-0.25, -0.2) is 0 Å². The Balaban J connectivity index is 1.45. The van der Waals surface area contributed by atoms with Crippen molar-refractivity contribution in [2.24, 2.45) is 0 Å². The monoisotopic (exact) mass is 1230 g/mol. The first-order chi connectivity index (χ1) is 41.8. The quantitative estimate of drug-likeness (QED) is 0.0200. The topological polar surface area (TPSA) is 307 Å². The maximum absolute atomic E-state index is 13.4. The van der Waals surface area contributed by atoms with Crippen molar-refractivity contribution in [3.63, 3.8) is 0 Å². The van der Waals surface area contributed by atoms with Crippen molar-refractivity contribution >= 4 is 5.91 Å². The third-order valence-corrected chi connectivity index (χ3v) is 17.5. The second-order valence-corrected chi connectivity index (χ2v) is 25.0. The molecular weight excluding hydrogens is 1110 g/mol. The molecule has 3 aliphatic heterocycles. The van der Waals surface area contributed by atoms with Crippen LogP contribution in [0, 0.1) is 0 Å². The molecule has 17 atom stereocenters. The minimum absolute atomic E-state index is 0.243. The van der Waals surface area contributed by atoms with Crippen LogP contribution in [-0.2, 0) is 33.2 Å². The number of carbonyl (C=O) groups excluding carboxylic acids is 1. The summed E-state index contributed by atoms with van der Waals surface area (Å²) in [6, 6.07) is -0.972. The molecule has 0 bridgehead atoms. The standard InChI is InChI=1S/C67H125NO18/c1-3-5-7-9-11-13-15-17-19-21-23-25-27-29-31-33-35-37-39-41-43-45-55(73)68-50(51(72)44-42-40-38-36-34-32-30-28-26-24-22-20-18-16-14-12-10-8-6-4-2)49-81-65-61(79)58(76)63(53(47-70)83-65)86-67-62(80)59(77)64(54(48-71)84-67)85-66-60(78)57(75)56(74)52(46-69)82-66/h21,23,42,44,50-54,56-67,69-72,74-80H,3-20,22,24-41,43,45-49H2,1-2H3,(H,68,73)/b23-21-,44-42+. The van der Waals surface area contributed by atoms with Crippen molar-refractivity contribution in [2.75, 3.05) is 26.4 Å². The molecule has 0 aromatic rings. The van der Waals surface area contributed by atoms with Crippen LogP contribution in [0.15, 0.2) is 24.3 Å². The number of hydrogen-bond donors (Lipinski definition) is 12. The summed E-state index contributed by atoms with van der Waals surface area (Å²) in [5.74, 6) is -0.275. The number of ether oxygens (including phenoxy) is 6. The summed E-state index contributed by atoms with van der Waals surface area (Å²) in [7, 11) is 0. The number of rotatable bonds is 53. The number of unbranched alkanes of at least 4 members (excludes halogenated alkanes) is 35. The van der Waals surface area contributed by atoms with Gasteiger partial charge >= 0.3 is 0 Å². The normalized spacial score (nSPS) is 28.9. The summed E-state index contributed by atoms with van der Waals surface area (Å²) in [5, 5.41) is 120. The average molecular weight is 1230 g/mol. The van der Waals surface area contributed by atoms with Crippen molar-refractivity contribution in [3.8, 4) is 0 Å². The van der Waals surface area contributed by atoms with E-state index in [2.05, 4.69) is 31.3 Å². The van der Waals surface area contributed by atoms with Gasteiger partial charge in [0.1, 0.15) is 73.2 Å². The zero-order chi connectivity index (χ0) is 62.6. The van der Waals surface area contributed by atoms with E-state index in [0.717, 1.165) is 51.4 Å². The maximum atomic E-state index is 13.4. The van der Waals surface area contributed by atoms with Crippen molar-refractivity contribution in [2.45, 2.75) is 369 Å². The molecule has 1 amide bonds. The molecule has 86 heavy (non-hydrogen) atoms. The van der Waals surface area contributed by atoms with E-state index in [-0.39, 0.29) is 18.9 Å². The molecule has 0 saturated carbocycles. The molecular formula is C67H125NO18. The lowest BCUT2D eigenvalue weighted by Gasteiger charge is -2.48. The summed E-state index contributed by atoms with van der Waals surface area (Å²) < 4.78 is 34.4. The number of hydrogen-bond acceptors (Lipinski definition) is 18. The van der Waals surface area contributed by atoms with Gasteiger partial charge in [0, 0.05) is 6.42 Å². The Labute approximate surface area is 518 Å². The zero-order valence-electron chi connectivity index (χ0n) is 53.3.